The van der Waals surface area contributed by atoms with Crippen molar-refractivity contribution in [2.45, 2.75) is 105 Å². The molecule has 0 aliphatic rings. The maximum Gasteiger partial charge on any atom is 0.228 e. The number of carbonyl (C=O) groups excluding carboxylic acids is 6. The number of unbranched alkanes of at least 4 members (excludes halogenated alkanes) is 3. The van der Waals surface area contributed by atoms with Crippen LogP contribution in [-0.4, -0.2) is 69.8 Å². The number of aromatic nitrogens is 3. The first-order valence-electron chi connectivity index (χ1n) is 15.7. The summed E-state index contributed by atoms with van der Waals surface area (Å²) in [5, 5.41) is 11.0. The van der Waals surface area contributed by atoms with Crippen LogP contribution in [-0.2, 0) is 46.5 Å². The fourth-order valence-electron chi connectivity index (χ4n) is 4.67. The maximum atomic E-state index is 12.2. The van der Waals surface area contributed by atoms with E-state index in [1.165, 1.54) is 0 Å². The van der Waals surface area contributed by atoms with Gasteiger partial charge in [0, 0.05) is 50.3 Å². The summed E-state index contributed by atoms with van der Waals surface area (Å²) in [6.45, 7) is 8.59. The summed E-state index contributed by atoms with van der Waals surface area (Å²) in [7, 11) is 0. The predicted molar refractivity (Wildman–Crippen MR) is 164 cm³/mol. The second-order valence-corrected chi connectivity index (χ2v) is 11.8. The Bertz CT molecular complexity index is 1090. The van der Waals surface area contributed by atoms with E-state index in [0.717, 1.165) is 6.42 Å². The van der Waals surface area contributed by atoms with Crippen molar-refractivity contribution in [2.24, 2.45) is 35.1 Å². The van der Waals surface area contributed by atoms with Crippen LogP contribution in [0.4, 0.5) is 0 Å². The third-order valence-corrected chi connectivity index (χ3v) is 7.39. The lowest BCUT2D eigenvalue weighted by Gasteiger charge is -2.14. The number of rotatable bonds is 26. The number of nitrogens with zero attached hydrogens (tertiary/aromatic N) is 3. The molecule has 1 heterocycles. The molecule has 0 bridgehead atoms. The van der Waals surface area contributed by atoms with Crippen molar-refractivity contribution in [3.63, 3.8) is 0 Å². The Morgan fingerprint density at radius 3 is 1.95 bits per heavy atom. The van der Waals surface area contributed by atoms with Crippen LogP contribution >= 0.6 is 0 Å². The van der Waals surface area contributed by atoms with E-state index in [9.17, 15) is 28.8 Å². The zero-order valence-electron chi connectivity index (χ0n) is 26.8. The summed E-state index contributed by atoms with van der Waals surface area (Å²) in [6, 6.07) is 0. The number of ketones is 3. The topological polar surface area (TPSA) is 206 Å². The third kappa shape index (κ3) is 15.8. The molecule has 2 atom stereocenters. The fraction of sp³-hybridized carbons (Fsp3) is 0.742. The highest BCUT2D eigenvalue weighted by Gasteiger charge is 2.26. The summed E-state index contributed by atoms with van der Waals surface area (Å²) < 4.78 is 7.19. The SMILES string of the molecule is CC(C)C(=O)C(CCCCCC(=O)CCOCCn1cc(CCC(=O)NCCCCC(C(N)=O)C(=O)C(C)C)nn1)C(N)=O. The molecule has 5 N–H and O–H groups in total. The van der Waals surface area contributed by atoms with Gasteiger partial charge in [0.25, 0.3) is 0 Å². The summed E-state index contributed by atoms with van der Waals surface area (Å²) in [4.78, 5) is 71.5. The van der Waals surface area contributed by atoms with Crippen molar-refractivity contribution >= 4 is 35.1 Å². The monoisotopic (exact) mass is 620 g/mol. The van der Waals surface area contributed by atoms with E-state index in [1.54, 1.807) is 38.6 Å². The van der Waals surface area contributed by atoms with Gasteiger partial charge >= 0.3 is 0 Å². The van der Waals surface area contributed by atoms with Gasteiger partial charge < -0.3 is 21.5 Å². The van der Waals surface area contributed by atoms with E-state index in [0.29, 0.717) is 89.8 Å². The quantitative estimate of drug-likeness (QED) is 0.102. The van der Waals surface area contributed by atoms with Crippen LogP contribution in [0, 0.1) is 23.7 Å². The van der Waals surface area contributed by atoms with Crippen molar-refractivity contribution in [2.75, 3.05) is 19.8 Å². The van der Waals surface area contributed by atoms with E-state index in [2.05, 4.69) is 15.6 Å². The molecule has 0 aromatic carbocycles. The molecule has 0 saturated carbocycles. The molecule has 0 saturated heterocycles. The van der Waals surface area contributed by atoms with Crippen molar-refractivity contribution in [3.8, 4) is 0 Å². The van der Waals surface area contributed by atoms with Gasteiger partial charge in [-0.1, -0.05) is 52.2 Å². The van der Waals surface area contributed by atoms with Gasteiger partial charge in [-0.2, -0.15) is 0 Å². The molecule has 1 aromatic rings. The van der Waals surface area contributed by atoms with Crippen molar-refractivity contribution in [1.29, 1.82) is 0 Å². The molecule has 44 heavy (non-hydrogen) atoms. The van der Waals surface area contributed by atoms with Crippen molar-refractivity contribution in [3.05, 3.63) is 11.9 Å². The predicted octanol–water partition coefficient (Wildman–Crippen LogP) is 2.08. The van der Waals surface area contributed by atoms with Gasteiger partial charge in [0.05, 0.1) is 37.3 Å². The number of nitrogens with one attached hydrogen (secondary N) is 1. The summed E-state index contributed by atoms with van der Waals surface area (Å²) >= 11 is 0. The highest BCUT2D eigenvalue weighted by molar-refractivity contribution is 6.02. The lowest BCUT2D eigenvalue weighted by atomic mass is 9.90. The molecule has 3 amide bonds. The van der Waals surface area contributed by atoms with E-state index in [1.807, 2.05) is 0 Å². The van der Waals surface area contributed by atoms with Gasteiger partial charge in [0.15, 0.2) is 0 Å². The van der Waals surface area contributed by atoms with Gasteiger partial charge in [-0.15, -0.1) is 5.10 Å². The number of ether oxygens (including phenoxy) is 1. The molecule has 1 aromatic heterocycles. The van der Waals surface area contributed by atoms with E-state index in [4.69, 9.17) is 16.2 Å². The first kappa shape index (κ1) is 38.5. The Hall–Kier alpha value is -3.48. The van der Waals surface area contributed by atoms with Crippen LogP contribution in [0.3, 0.4) is 0 Å². The normalized spacial score (nSPS) is 12.7. The molecule has 0 spiro atoms. The molecule has 0 aliphatic carbocycles. The van der Waals surface area contributed by atoms with Gasteiger partial charge in [-0.25, -0.2) is 4.68 Å². The Balaban J connectivity index is 2.13. The number of hydrogen-bond acceptors (Lipinski definition) is 9. The number of amides is 3. The molecule has 0 radical (unpaired) electrons. The molecule has 0 fully saturated rings. The summed E-state index contributed by atoms with van der Waals surface area (Å²) in [5.41, 5.74) is 11.4. The van der Waals surface area contributed by atoms with Crippen molar-refractivity contribution in [1.82, 2.24) is 20.3 Å². The van der Waals surface area contributed by atoms with E-state index in [-0.39, 0.29) is 41.5 Å². The van der Waals surface area contributed by atoms with Crippen LogP contribution in [0.2, 0.25) is 0 Å². The van der Waals surface area contributed by atoms with Crippen LogP contribution in [0.1, 0.15) is 97.6 Å². The van der Waals surface area contributed by atoms with Crippen LogP contribution in [0.15, 0.2) is 6.20 Å². The molecule has 1 rings (SSSR count). The fourth-order valence-corrected chi connectivity index (χ4v) is 4.67. The minimum Gasteiger partial charge on any atom is -0.379 e. The highest BCUT2D eigenvalue weighted by Crippen LogP contribution is 2.16. The molecule has 13 nitrogen and oxygen atoms in total. The molecule has 248 valence electrons. The highest BCUT2D eigenvalue weighted by atomic mass is 16.5. The maximum absolute atomic E-state index is 12.2. The second kappa shape index (κ2) is 21.3. The van der Waals surface area contributed by atoms with Gasteiger partial charge in [0.1, 0.15) is 17.3 Å². The Morgan fingerprint density at radius 2 is 1.39 bits per heavy atom. The van der Waals surface area contributed by atoms with Crippen LogP contribution < -0.4 is 16.8 Å². The van der Waals surface area contributed by atoms with Gasteiger partial charge in [0.2, 0.25) is 17.7 Å². The first-order chi connectivity index (χ1) is 20.8. The number of hydrogen-bond donors (Lipinski definition) is 3. The van der Waals surface area contributed by atoms with Crippen LogP contribution in [0.5, 0.6) is 0 Å². The minimum atomic E-state index is -0.776. The lowest BCUT2D eigenvalue weighted by molar-refractivity contribution is -0.136. The zero-order chi connectivity index (χ0) is 33.1. The molecular weight excluding hydrogens is 568 g/mol. The zero-order valence-corrected chi connectivity index (χ0v) is 26.8. The molecule has 0 aliphatic heterocycles. The number of carbonyl (C=O) groups is 6. The number of nitrogens with two attached hydrogens (primary N) is 2. The first-order valence-corrected chi connectivity index (χ1v) is 15.7. The van der Waals surface area contributed by atoms with Crippen molar-refractivity contribution < 1.29 is 33.5 Å². The molecule has 2 unspecified atom stereocenters. The number of primary amides is 2. The minimum absolute atomic E-state index is 0.104. The summed E-state index contributed by atoms with van der Waals surface area (Å²) in [6.07, 6.45) is 7.37. The largest absolute Gasteiger partial charge is 0.379 e. The number of Topliss-reactive ketones (excluding diaryl/α,β-unsaturated/α-hetero) is 3. The molecular formula is C31H52N6O7. The number of aryl methyl sites for hydroxylation is 1. The third-order valence-electron chi connectivity index (χ3n) is 7.39. The Labute approximate surface area is 260 Å². The summed E-state index contributed by atoms with van der Waals surface area (Å²) in [5.74, 6) is -3.48. The van der Waals surface area contributed by atoms with Gasteiger partial charge in [-0.3, -0.25) is 28.8 Å². The van der Waals surface area contributed by atoms with E-state index < -0.39 is 23.7 Å². The Kier molecular flexibility index (Phi) is 18.6. The molecule has 13 heteroatoms. The second-order valence-electron chi connectivity index (χ2n) is 11.8. The average molecular weight is 621 g/mol. The van der Waals surface area contributed by atoms with E-state index >= 15 is 0 Å². The van der Waals surface area contributed by atoms with Crippen LogP contribution in [0.25, 0.3) is 0 Å². The lowest BCUT2D eigenvalue weighted by Crippen LogP contribution is -2.33. The Morgan fingerprint density at radius 1 is 0.795 bits per heavy atom. The average Bonchev–Trinajstić information content (AvgIpc) is 3.42. The van der Waals surface area contributed by atoms with Gasteiger partial charge in [-0.05, 0) is 25.7 Å². The smallest absolute Gasteiger partial charge is 0.228 e. The standard InChI is InChI=1S/C31H52N6O7/c1-21(2)28(40)25(30(32)42)11-7-5-6-10-24(38)15-18-44-19-17-37-20-23(35-36-37)13-14-27(39)34-16-9-8-12-26(31(33)43)29(41)22(3)4/h20-22,25-26H,5-19H2,1-4H3,(H2,32,42)(H2,33,43)(H,34,39).